The number of aromatic amines is 1. The lowest BCUT2D eigenvalue weighted by molar-refractivity contribution is 0.0694. The summed E-state index contributed by atoms with van der Waals surface area (Å²) in [5.74, 6) is -1.08. The number of fused-ring (bicyclic) bond motifs is 1. The van der Waals surface area contributed by atoms with E-state index in [2.05, 4.69) is 15.0 Å². The fraction of sp³-hybridized carbons (Fsp3) is 0. The van der Waals surface area contributed by atoms with Crippen LogP contribution < -0.4 is 5.56 Å². The van der Waals surface area contributed by atoms with Crippen molar-refractivity contribution in [2.45, 2.75) is 0 Å². The molecular formula is C14H9ClN4O3. The van der Waals surface area contributed by atoms with Crippen LogP contribution in [0.1, 0.15) is 21.9 Å². The van der Waals surface area contributed by atoms with Crippen LogP contribution in [0.2, 0.25) is 5.02 Å². The molecule has 0 fully saturated rings. The first-order chi connectivity index (χ1) is 10.5. The third-order valence-corrected chi connectivity index (χ3v) is 3.12. The highest BCUT2D eigenvalue weighted by Crippen LogP contribution is 2.12. The van der Waals surface area contributed by atoms with Crippen LogP contribution in [0, 0.1) is 0 Å². The molecule has 0 saturated heterocycles. The van der Waals surface area contributed by atoms with Gasteiger partial charge in [-0.3, -0.25) is 4.79 Å². The number of carboxylic acid groups (broad SMARTS) is 1. The Morgan fingerprint density at radius 3 is 2.86 bits per heavy atom. The summed E-state index contributed by atoms with van der Waals surface area (Å²) in [5.41, 5.74) is 0.266. The zero-order chi connectivity index (χ0) is 15.7. The smallest absolute Gasteiger partial charge is 0.342 e. The third kappa shape index (κ3) is 2.75. The predicted octanol–water partition coefficient (Wildman–Crippen LogP) is 1.94. The number of hydrogen-bond donors (Lipinski definition) is 2. The van der Waals surface area contributed by atoms with Gasteiger partial charge in [0.15, 0.2) is 0 Å². The van der Waals surface area contributed by atoms with Crippen LogP contribution >= 0.6 is 11.6 Å². The van der Waals surface area contributed by atoms with E-state index in [-0.39, 0.29) is 5.82 Å². The van der Waals surface area contributed by atoms with Gasteiger partial charge in [0.05, 0.1) is 10.7 Å². The van der Waals surface area contributed by atoms with E-state index in [1.165, 1.54) is 6.08 Å². The second kappa shape index (κ2) is 5.45. The van der Waals surface area contributed by atoms with Gasteiger partial charge in [0, 0.05) is 18.6 Å². The minimum Gasteiger partial charge on any atom is -0.477 e. The van der Waals surface area contributed by atoms with E-state index < -0.39 is 17.1 Å². The number of rotatable bonds is 3. The van der Waals surface area contributed by atoms with Crippen molar-refractivity contribution in [1.29, 1.82) is 0 Å². The molecule has 0 saturated carbocycles. The van der Waals surface area contributed by atoms with Gasteiger partial charge in [0.2, 0.25) is 0 Å². The summed E-state index contributed by atoms with van der Waals surface area (Å²) in [7, 11) is 0. The lowest BCUT2D eigenvalue weighted by atomic mass is 10.3. The minimum absolute atomic E-state index is 0.241. The molecule has 0 aliphatic rings. The maximum atomic E-state index is 11.5. The van der Waals surface area contributed by atoms with Crippen LogP contribution in [0.15, 0.2) is 35.5 Å². The normalized spacial score (nSPS) is 11.3. The largest absolute Gasteiger partial charge is 0.477 e. The van der Waals surface area contributed by atoms with Crippen LogP contribution in [0.25, 0.3) is 17.8 Å². The van der Waals surface area contributed by atoms with Gasteiger partial charge in [-0.25, -0.2) is 14.8 Å². The zero-order valence-corrected chi connectivity index (χ0v) is 11.8. The van der Waals surface area contributed by atoms with E-state index in [9.17, 15) is 9.59 Å². The van der Waals surface area contributed by atoms with Gasteiger partial charge in [-0.05, 0) is 24.3 Å². The topological polar surface area (TPSA) is 100 Å². The number of halogens is 1. The lowest BCUT2D eigenvalue weighted by Crippen LogP contribution is -2.18. The summed E-state index contributed by atoms with van der Waals surface area (Å²) in [6.45, 7) is 0. The zero-order valence-electron chi connectivity index (χ0n) is 11.0. The molecule has 0 spiro atoms. The van der Waals surface area contributed by atoms with Crippen molar-refractivity contribution < 1.29 is 9.90 Å². The molecule has 0 unspecified atom stereocenters. The molecule has 0 aliphatic heterocycles. The van der Waals surface area contributed by atoms with Gasteiger partial charge in [-0.2, -0.15) is 0 Å². The second-order valence-electron chi connectivity index (χ2n) is 4.43. The number of H-pyrrole nitrogens is 1. The third-order valence-electron chi connectivity index (χ3n) is 2.89. The van der Waals surface area contributed by atoms with Crippen molar-refractivity contribution in [3.8, 4) is 0 Å². The van der Waals surface area contributed by atoms with E-state index in [1.54, 1.807) is 35.0 Å². The molecule has 7 nitrogen and oxygen atoms in total. The highest BCUT2D eigenvalue weighted by Gasteiger charge is 2.08. The van der Waals surface area contributed by atoms with E-state index in [4.69, 9.17) is 16.7 Å². The van der Waals surface area contributed by atoms with Gasteiger partial charge in [-0.15, -0.1) is 0 Å². The highest BCUT2D eigenvalue weighted by atomic mass is 35.5. The molecule has 0 atom stereocenters. The summed E-state index contributed by atoms with van der Waals surface area (Å²) in [4.78, 5) is 32.9. The van der Waals surface area contributed by atoms with Crippen molar-refractivity contribution in [3.05, 3.63) is 63.2 Å². The van der Waals surface area contributed by atoms with Crippen molar-refractivity contribution in [3.63, 3.8) is 0 Å². The fourth-order valence-electron chi connectivity index (χ4n) is 1.87. The molecule has 3 heterocycles. The molecule has 3 aromatic heterocycles. The number of imidazole rings is 1. The Morgan fingerprint density at radius 2 is 2.14 bits per heavy atom. The number of aromatic nitrogens is 4. The van der Waals surface area contributed by atoms with Crippen LogP contribution in [0.5, 0.6) is 0 Å². The minimum atomic E-state index is -1.32. The lowest BCUT2D eigenvalue weighted by Gasteiger charge is -1.94. The molecule has 0 bridgehead atoms. The molecule has 3 rings (SSSR count). The van der Waals surface area contributed by atoms with Gasteiger partial charge in [-0.1, -0.05) is 11.6 Å². The standard InChI is InChI=1S/C14H9ClN4O3/c15-8-1-4-12-17-9(7-19(12)6-8)2-3-11-16-5-10(14(21)22)13(20)18-11/h1-7H,(H,21,22)(H,16,18,20). The Kier molecular flexibility index (Phi) is 3.48. The Hall–Kier alpha value is -2.93. The average molecular weight is 317 g/mol. The maximum absolute atomic E-state index is 11.5. The summed E-state index contributed by atoms with van der Waals surface area (Å²) in [5, 5.41) is 9.36. The number of carboxylic acids is 1. The summed E-state index contributed by atoms with van der Waals surface area (Å²) < 4.78 is 1.77. The molecule has 0 aliphatic carbocycles. The second-order valence-corrected chi connectivity index (χ2v) is 4.86. The van der Waals surface area contributed by atoms with Gasteiger partial charge in [0.25, 0.3) is 5.56 Å². The van der Waals surface area contributed by atoms with Crippen molar-refractivity contribution in [2.24, 2.45) is 0 Å². The Labute approximate surface area is 128 Å². The monoisotopic (exact) mass is 316 g/mol. The predicted molar refractivity (Wildman–Crippen MR) is 80.9 cm³/mol. The first-order valence-electron chi connectivity index (χ1n) is 6.18. The quantitative estimate of drug-likeness (QED) is 0.769. The first-order valence-corrected chi connectivity index (χ1v) is 6.56. The Bertz CT molecular complexity index is 958. The van der Waals surface area contributed by atoms with Crippen LogP contribution in [-0.2, 0) is 0 Å². The molecule has 2 N–H and O–H groups in total. The molecule has 0 aromatic carbocycles. The molecule has 0 radical (unpaired) electrons. The molecule has 0 amide bonds. The molecule has 3 aromatic rings. The molecule has 110 valence electrons. The SMILES string of the molecule is O=C(O)c1cnc(C=Cc2cn3cc(Cl)ccc3n2)[nH]c1=O. The number of carbonyl (C=O) groups is 1. The maximum Gasteiger partial charge on any atom is 0.342 e. The number of pyridine rings is 1. The van der Waals surface area contributed by atoms with Crippen molar-refractivity contribution in [1.82, 2.24) is 19.4 Å². The Balaban J connectivity index is 1.90. The molecule has 8 heteroatoms. The fourth-order valence-corrected chi connectivity index (χ4v) is 2.04. The van der Waals surface area contributed by atoms with E-state index in [0.717, 1.165) is 11.8 Å². The Morgan fingerprint density at radius 1 is 1.32 bits per heavy atom. The van der Waals surface area contributed by atoms with E-state index >= 15 is 0 Å². The average Bonchev–Trinajstić information content (AvgIpc) is 2.86. The van der Waals surface area contributed by atoms with E-state index in [0.29, 0.717) is 10.7 Å². The van der Waals surface area contributed by atoms with E-state index in [1.807, 2.05) is 0 Å². The number of nitrogens with zero attached hydrogens (tertiary/aromatic N) is 3. The van der Waals surface area contributed by atoms with Crippen LogP contribution in [-0.4, -0.2) is 30.4 Å². The highest BCUT2D eigenvalue weighted by molar-refractivity contribution is 6.30. The molecule has 22 heavy (non-hydrogen) atoms. The molecular weight excluding hydrogens is 308 g/mol. The van der Waals surface area contributed by atoms with Crippen LogP contribution in [0.3, 0.4) is 0 Å². The van der Waals surface area contributed by atoms with Gasteiger partial charge >= 0.3 is 5.97 Å². The summed E-state index contributed by atoms with van der Waals surface area (Å²) in [6.07, 6.45) is 7.70. The van der Waals surface area contributed by atoms with Crippen molar-refractivity contribution >= 4 is 35.4 Å². The number of aromatic carboxylic acids is 1. The van der Waals surface area contributed by atoms with Gasteiger partial charge < -0.3 is 14.5 Å². The van der Waals surface area contributed by atoms with Gasteiger partial charge in [0.1, 0.15) is 17.0 Å². The van der Waals surface area contributed by atoms with Crippen molar-refractivity contribution in [2.75, 3.05) is 0 Å². The number of nitrogens with one attached hydrogen (secondary N) is 1. The first kappa shape index (κ1) is 14.0. The summed E-state index contributed by atoms with van der Waals surface area (Å²) >= 11 is 5.89. The number of hydrogen-bond acceptors (Lipinski definition) is 4. The van der Waals surface area contributed by atoms with Crippen LogP contribution in [0.4, 0.5) is 0 Å². The summed E-state index contributed by atoms with van der Waals surface area (Å²) in [6, 6.07) is 3.52.